The van der Waals surface area contributed by atoms with E-state index in [1.54, 1.807) is 43.4 Å². The third kappa shape index (κ3) is 5.17. The lowest BCUT2D eigenvalue weighted by Crippen LogP contribution is -2.50. The minimum Gasteiger partial charge on any atom is -0.493 e. The molecule has 36 heavy (non-hydrogen) atoms. The SMILES string of the molecule is CCC1Oc2ccc(S(=O)(=O)N3CCN(C(=O)C=Cc4ccc(OC)c(OC)c4)CC3)cc2NC1=O. The number of carbonyl (C=O) groups excluding carboxylic acids is 2. The predicted molar refractivity (Wildman–Crippen MR) is 134 cm³/mol. The number of benzene rings is 2. The molecule has 2 aliphatic rings. The summed E-state index contributed by atoms with van der Waals surface area (Å²) in [5.41, 5.74) is 1.11. The van der Waals surface area contributed by atoms with Gasteiger partial charge in [-0.15, -0.1) is 0 Å². The van der Waals surface area contributed by atoms with Crippen LogP contribution in [0, 0.1) is 0 Å². The van der Waals surface area contributed by atoms with Gasteiger partial charge in [0, 0.05) is 32.3 Å². The molecule has 2 aromatic rings. The molecule has 0 radical (unpaired) electrons. The predicted octanol–water partition coefficient (Wildman–Crippen LogP) is 2.36. The normalized spacial score (nSPS) is 18.4. The molecule has 1 N–H and O–H groups in total. The Kier molecular flexibility index (Phi) is 7.51. The van der Waals surface area contributed by atoms with Gasteiger partial charge in [-0.3, -0.25) is 9.59 Å². The molecule has 11 heteroatoms. The van der Waals surface area contributed by atoms with Crippen molar-refractivity contribution in [1.82, 2.24) is 9.21 Å². The van der Waals surface area contributed by atoms with Crippen molar-refractivity contribution in [2.75, 3.05) is 45.7 Å². The summed E-state index contributed by atoms with van der Waals surface area (Å²) in [5, 5.41) is 2.72. The Morgan fingerprint density at radius 1 is 1.08 bits per heavy atom. The van der Waals surface area contributed by atoms with Crippen molar-refractivity contribution in [3.05, 3.63) is 48.0 Å². The minimum absolute atomic E-state index is 0.0632. The van der Waals surface area contributed by atoms with Gasteiger partial charge < -0.3 is 24.4 Å². The third-order valence-corrected chi connectivity index (χ3v) is 8.05. The van der Waals surface area contributed by atoms with Crippen LogP contribution in [0.25, 0.3) is 6.08 Å². The maximum atomic E-state index is 13.2. The van der Waals surface area contributed by atoms with E-state index in [1.165, 1.54) is 22.5 Å². The van der Waals surface area contributed by atoms with Crippen LogP contribution in [0.3, 0.4) is 0 Å². The Morgan fingerprint density at radius 3 is 2.47 bits per heavy atom. The highest BCUT2D eigenvalue weighted by atomic mass is 32.2. The average molecular weight is 516 g/mol. The number of nitrogens with zero attached hydrogens (tertiary/aromatic N) is 2. The van der Waals surface area contributed by atoms with Crippen LogP contribution in [0.1, 0.15) is 18.9 Å². The molecule has 2 aromatic carbocycles. The van der Waals surface area contributed by atoms with E-state index in [0.29, 0.717) is 29.4 Å². The van der Waals surface area contributed by atoms with E-state index in [2.05, 4.69) is 5.32 Å². The van der Waals surface area contributed by atoms with Crippen LogP contribution >= 0.6 is 0 Å². The highest BCUT2D eigenvalue weighted by molar-refractivity contribution is 7.89. The van der Waals surface area contributed by atoms with Crippen LogP contribution in [0.15, 0.2) is 47.4 Å². The number of hydrogen-bond donors (Lipinski definition) is 1. The zero-order chi connectivity index (χ0) is 25.9. The number of carbonyl (C=O) groups is 2. The van der Waals surface area contributed by atoms with Crippen molar-refractivity contribution in [2.24, 2.45) is 0 Å². The highest BCUT2D eigenvalue weighted by Crippen LogP contribution is 2.33. The lowest BCUT2D eigenvalue weighted by molar-refractivity contribution is -0.127. The van der Waals surface area contributed by atoms with Gasteiger partial charge in [-0.1, -0.05) is 13.0 Å². The summed E-state index contributed by atoms with van der Waals surface area (Å²) in [5.74, 6) is 1.09. The van der Waals surface area contributed by atoms with Gasteiger partial charge in [-0.2, -0.15) is 4.31 Å². The molecular formula is C25H29N3O7S. The number of hydrogen-bond acceptors (Lipinski definition) is 7. The number of rotatable bonds is 7. The molecule has 2 aliphatic heterocycles. The highest BCUT2D eigenvalue weighted by Gasteiger charge is 2.32. The second-order valence-electron chi connectivity index (χ2n) is 8.34. The maximum Gasteiger partial charge on any atom is 0.265 e. The summed E-state index contributed by atoms with van der Waals surface area (Å²) in [4.78, 5) is 26.5. The molecule has 0 saturated carbocycles. The Bertz CT molecular complexity index is 1280. The zero-order valence-corrected chi connectivity index (χ0v) is 21.2. The summed E-state index contributed by atoms with van der Waals surface area (Å²) >= 11 is 0. The number of ether oxygens (including phenoxy) is 3. The summed E-state index contributed by atoms with van der Waals surface area (Å²) in [6, 6.07) is 9.78. The molecule has 1 fully saturated rings. The molecule has 4 rings (SSSR count). The van der Waals surface area contributed by atoms with Gasteiger partial charge in [-0.25, -0.2) is 8.42 Å². The van der Waals surface area contributed by atoms with Crippen molar-refractivity contribution in [3.63, 3.8) is 0 Å². The van der Waals surface area contributed by atoms with Crippen molar-refractivity contribution < 1.29 is 32.2 Å². The Hall–Kier alpha value is -3.57. The van der Waals surface area contributed by atoms with Gasteiger partial charge in [0.25, 0.3) is 5.91 Å². The summed E-state index contributed by atoms with van der Waals surface area (Å²) in [6.07, 6.45) is 3.06. The molecule has 2 heterocycles. The van der Waals surface area contributed by atoms with Gasteiger partial charge in [0.05, 0.1) is 24.8 Å². The standard InChI is InChI=1S/C25H29N3O7S/c1-4-20-25(30)26-19-16-18(7-9-21(19)35-20)36(31,32)28-13-11-27(12-14-28)24(29)10-6-17-5-8-22(33-2)23(15-17)34-3/h5-10,15-16,20H,4,11-14H2,1-3H3,(H,26,30). The largest absolute Gasteiger partial charge is 0.493 e. The molecule has 0 spiro atoms. The van der Waals surface area contributed by atoms with Crippen LogP contribution < -0.4 is 19.5 Å². The Labute approximate surface area is 210 Å². The lowest BCUT2D eigenvalue weighted by Gasteiger charge is -2.33. The molecule has 10 nitrogen and oxygen atoms in total. The van der Waals surface area contributed by atoms with Gasteiger partial charge in [0.2, 0.25) is 15.9 Å². The third-order valence-electron chi connectivity index (χ3n) is 6.16. The number of anilines is 1. The van der Waals surface area contributed by atoms with E-state index in [-0.39, 0.29) is 42.9 Å². The van der Waals surface area contributed by atoms with Crippen molar-refractivity contribution in [1.29, 1.82) is 0 Å². The van der Waals surface area contributed by atoms with E-state index >= 15 is 0 Å². The smallest absolute Gasteiger partial charge is 0.265 e. The second-order valence-corrected chi connectivity index (χ2v) is 10.3. The lowest BCUT2D eigenvalue weighted by atomic mass is 10.2. The number of fused-ring (bicyclic) bond motifs is 1. The topological polar surface area (TPSA) is 114 Å². The summed E-state index contributed by atoms with van der Waals surface area (Å²) in [6.45, 7) is 2.69. The van der Waals surface area contributed by atoms with E-state index in [4.69, 9.17) is 14.2 Å². The maximum absolute atomic E-state index is 13.2. The van der Waals surface area contributed by atoms with Gasteiger partial charge >= 0.3 is 0 Å². The first kappa shape index (κ1) is 25.5. The van der Waals surface area contributed by atoms with E-state index in [1.807, 2.05) is 13.0 Å². The monoisotopic (exact) mass is 515 g/mol. The van der Waals surface area contributed by atoms with Gasteiger partial charge in [0.1, 0.15) is 5.75 Å². The molecule has 1 atom stereocenters. The molecule has 1 unspecified atom stereocenters. The van der Waals surface area contributed by atoms with Gasteiger partial charge in [-0.05, 0) is 48.4 Å². The molecular weight excluding hydrogens is 486 g/mol. The van der Waals surface area contributed by atoms with Crippen molar-refractivity contribution >= 4 is 33.6 Å². The Balaban J connectivity index is 1.39. The molecule has 0 aliphatic carbocycles. The van der Waals surface area contributed by atoms with E-state index < -0.39 is 16.1 Å². The van der Waals surface area contributed by atoms with Crippen LogP contribution in [0.4, 0.5) is 5.69 Å². The Morgan fingerprint density at radius 2 is 1.81 bits per heavy atom. The molecule has 0 bridgehead atoms. The van der Waals surface area contributed by atoms with Crippen LogP contribution in [0.2, 0.25) is 0 Å². The summed E-state index contributed by atoms with van der Waals surface area (Å²) < 4.78 is 43.9. The molecule has 0 aromatic heterocycles. The average Bonchev–Trinajstić information content (AvgIpc) is 2.90. The molecule has 2 amide bonds. The quantitative estimate of drug-likeness (QED) is 0.563. The van der Waals surface area contributed by atoms with E-state index in [9.17, 15) is 18.0 Å². The first-order chi connectivity index (χ1) is 17.3. The molecule has 192 valence electrons. The fraction of sp³-hybridized carbons (Fsp3) is 0.360. The fourth-order valence-electron chi connectivity index (χ4n) is 4.09. The van der Waals surface area contributed by atoms with Crippen molar-refractivity contribution in [3.8, 4) is 17.2 Å². The fourth-order valence-corrected chi connectivity index (χ4v) is 5.54. The van der Waals surface area contributed by atoms with Crippen molar-refractivity contribution in [2.45, 2.75) is 24.3 Å². The first-order valence-electron chi connectivity index (χ1n) is 11.6. The van der Waals surface area contributed by atoms with Crippen LogP contribution in [-0.4, -0.2) is 75.9 Å². The minimum atomic E-state index is -3.81. The first-order valence-corrected chi connectivity index (χ1v) is 13.0. The van der Waals surface area contributed by atoms with Crippen LogP contribution in [0.5, 0.6) is 17.2 Å². The summed E-state index contributed by atoms with van der Waals surface area (Å²) in [7, 11) is -0.713. The number of amides is 2. The van der Waals surface area contributed by atoms with E-state index in [0.717, 1.165) is 5.56 Å². The van der Waals surface area contributed by atoms with Crippen LogP contribution in [-0.2, 0) is 19.6 Å². The number of sulfonamides is 1. The number of nitrogens with one attached hydrogen (secondary N) is 1. The molecule has 1 saturated heterocycles. The van der Waals surface area contributed by atoms with Gasteiger partial charge in [0.15, 0.2) is 17.6 Å². The number of piperazine rings is 1. The zero-order valence-electron chi connectivity index (χ0n) is 20.4. The second kappa shape index (κ2) is 10.6. The number of methoxy groups -OCH3 is 2.